The smallest absolute Gasteiger partial charge is 0.123 e. The summed E-state index contributed by atoms with van der Waals surface area (Å²) >= 11 is 0. The van der Waals surface area contributed by atoms with Crippen molar-refractivity contribution in [3.8, 4) is 0 Å². The minimum atomic E-state index is -0.192. The average molecular weight is 266 g/mol. The summed E-state index contributed by atoms with van der Waals surface area (Å²) in [7, 11) is 0. The molecule has 1 heterocycles. The number of hydrogen-bond donors (Lipinski definition) is 1. The van der Waals surface area contributed by atoms with Crippen molar-refractivity contribution in [3.63, 3.8) is 0 Å². The number of ether oxygens (including phenoxy) is 1. The summed E-state index contributed by atoms with van der Waals surface area (Å²) in [5, 5.41) is 0. The largest absolute Gasteiger partial charge is 0.378 e. The molecule has 1 fully saturated rings. The zero-order chi connectivity index (χ0) is 13.7. The van der Waals surface area contributed by atoms with E-state index in [9.17, 15) is 4.39 Å². The normalized spacial score (nSPS) is 17.8. The van der Waals surface area contributed by atoms with E-state index in [1.165, 1.54) is 6.07 Å². The molecule has 0 atom stereocenters. The van der Waals surface area contributed by atoms with E-state index >= 15 is 0 Å². The maximum atomic E-state index is 13.4. The van der Waals surface area contributed by atoms with Crippen LogP contribution in [-0.4, -0.2) is 30.7 Å². The third-order valence-corrected chi connectivity index (χ3v) is 3.60. The molecule has 106 valence electrons. The summed E-state index contributed by atoms with van der Waals surface area (Å²) in [5.41, 5.74) is 7.45. The molecule has 0 spiro atoms. The van der Waals surface area contributed by atoms with E-state index in [4.69, 9.17) is 10.5 Å². The van der Waals surface area contributed by atoms with Crippen molar-refractivity contribution in [3.05, 3.63) is 35.1 Å². The molecule has 2 N–H and O–H groups in total. The molecule has 1 aliphatic rings. The van der Waals surface area contributed by atoms with Crippen LogP contribution in [0.4, 0.5) is 4.39 Å². The maximum Gasteiger partial charge on any atom is 0.123 e. The number of likely N-dealkylation sites (tertiary alicyclic amines) is 1. The Morgan fingerprint density at radius 3 is 2.58 bits per heavy atom. The molecule has 19 heavy (non-hydrogen) atoms. The van der Waals surface area contributed by atoms with Gasteiger partial charge in [-0.25, -0.2) is 4.39 Å². The van der Waals surface area contributed by atoms with Crippen molar-refractivity contribution in [1.82, 2.24) is 4.90 Å². The second-order valence-electron chi connectivity index (χ2n) is 5.10. The van der Waals surface area contributed by atoms with Crippen LogP contribution in [0.1, 0.15) is 30.9 Å². The van der Waals surface area contributed by atoms with Crippen LogP contribution in [0.5, 0.6) is 0 Å². The first-order valence-corrected chi connectivity index (χ1v) is 7.03. The lowest BCUT2D eigenvalue weighted by molar-refractivity contribution is 0.0125. The van der Waals surface area contributed by atoms with Gasteiger partial charge in [-0.3, -0.25) is 4.90 Å². The van der Waals surface area contributed by atoms with Crippen LogP contribution in [0.3, 0.4) is 0 Å². The lowest BCUT2D eigenvalue weighted by Gasteiger charge is -2.31. The highest BCUT2D eigenvalue weighted by Gasteiger charge is 2.19. The highest BCUT2D eigenvalue weighted by atomic mass is 19.1. The zero-order valence-corrected chi connectivity index (χ0v) is 11.6. The highest BCUT2D eigenvalue weighted by Crippen LogP contribution is 2.17. The van der Waals surface area contributed by atoms with Crippen molar-refractivity contribution in [2.75, 3.05) is 19.7 Å². The van der Waals surface area contributed by atoms with Gasteiger partial charge in [-0.05, 0) is 43.0 Å². The molecule has 1 saturated heterocycles. The van der Waals surface area contributed by atoms with E-state index in [1.807, 2.05) is 13.0 Å². The van der Waals surface area contributed by atoms with Gasteiger partial charge in [0.15, 0.2) is 0 Å². The number of rotatable bonds is 5. The fraction of sp³-hybridized carbons (Fsp3) is 0.600. The van der Waals surface area contributed by atoms with Gasteiger partial charge in [0.25, 0.3) is 0 Å². The Kier molecular flexibility index (Phi) is 5.31. The van der Waals surface area contributed by atoms with Crippen LogP contribution >= 0.6 is 0 Å². The third-order valence-electron chi connectivity index (χ3n) is 3.60. The van der Waals surface area contributed by atoms with Gasteiger partial charge in [-0.2, -0.15) is 0 Å². The Labute approximate surface area is 114 Å². The van der Waals surface area contributed by atoms with Gasteiger partial charge in [0.2, 0.25) is 0 Å². The molecule has 2 rings (SSSR count). The predicted octanol–water partition coefficient (Wildman–Crippen LogP) is 2.29. The van der Waals surface area contributed by atoms with Crippen LogP contribution in [-0.2, 0) is 17.8 Å². The summed E-state index contributed by atoms with van der Waals surface area (Å²) in [5.74, 6) is -0.192. The summed E-state index contributed by atoms with van der Waals surface area (Å²) in [6, 6.07) is 5.11. The molecule has 0 aromatic heterocycles. The summed E-state index contributed by atoms with van der Waals surface area (Å²) in [6.45, 7) is 6.03. The second kappa shape index (κ2) is 6.98. The lowest BCUT2D eigenvalue weighted by atomic mass is 10.1. The summed E-state index contributed by atoms with van der Waals surface area (Å²) in [4.78, 5) is 2.35. The molecule has 1 aromatic carbocycles. The fourth-order valence-corrected chi connectivity index (χ4v) is 2.65. The van der Waals surface area contributed by atoms with E-state index in [2.05, 4.69) is 4.90 Å². The highest BCUT2D eigenvalue weighted by molar-refractivity contribution is 5.24. The Balaban J connectivity index is 1.90. The average Bonchev–Trinajstić information content (AvgIpc) is 2.40. The standard InChI is InChI=1S/C15H23FN2O/c1-2-19-15-3-5-18(6-4-15)11-13-7-12(10-17)8-14(16)9-13/h7-9,15H,2-6,10-11,17H2,1H3. The first-order valence-electron chi connectivity index (χ1n) is 7.03. The van der Waals surface area contributed by atoms with E-state index in [-0.39, 0.29) is 5.82 Å². The Bertz CT molecular complexity index is 403. The first kappa shape index (κ1) is 14.4. The second-order valence-corrected chi connectivity index (χ2v) is 5.10. The van der Waals surface area contributed by atoms with Crippen molar-refractivity contribution < 1.29 is 9.13 Å². The van der Waals surface area contributed by atoms with Crippen LogP contribution < -0.4 is 5.73 Å². The maximum absolute atomic E-state index is 13.4. The fourth-order valence-electron chi connectivity index (χ4n) is 2.65. The molecule has 0 unspecified atom stereocenters. The van der Waals surface area contributed by atoms with Crippen LogP contribution in [0.15, 0.2) is 18.2 Å². The SMILES string of the molecule is CCOC1CCN(Cc2cc(F)cc(CN)c2)CC1. The van der Waals surface area contributed by atoms with Gasteiger partial charge in [-0.1, -0.05) is 6.07 Å². The van der Waals surface area contributed by atoms with Crippen molar-refractivity contribution >= 4 is 0 Å². The van der Waals surface area contributed by atoms with Crippen LogP contribution in [0, 0.1) is 5.82 Å². The molecule has 4 heteroatoms. The molecule has 0 radical (unpaired) electrons. The van der Waals surface area contributed by atoms with Crippen LogP contribution in [0.2, 0.25) is 0 Å². The molecule has 0 saturated carbocycles. The topological polar surface area (TPSA) is 38.5 Å². The van der Waals surface area contributed by atoms with Crippen LogP contribution in [0.25, 0.3) is 0 Å². The van der Waals surface area contributed by atoms with Gasteiger partial charge >= 0.3 is 0 Å². The Hall–Kier alpha value is -0.970. The molecule has 0 aliphatic carbocycles. The number of hydrogen-bond acceptors (Lipinski definition) is 3. The van der Waals surface area contributed by atoms with Crippen molar-refractivity contribution in [2.45, 2.75) is 39.0 Å². The van der Waals surface area contributed by atoms with Crippen molar-refractivity contribution in [2.24, 2.45) is 5.73 Å². The van der Waals surface area contributed by atoms with E-state index < -0.39 is 0 Å². The van der Waals surface area contributed by atoms with Gasteiger partial charge in [0.05, 0.1) is 6.10 Å². The molecule has 3 nitrogen and oxygen atoms in total. The van der Waals surface area contributed by atoms with Gasteiger partial charge in [0, 0.05) is 32.8 Å². The molecule has 1 aliphatic heterocycles. The number of nitrogens with two attached hydrogens (primary N) is 1. The van der Waals surface area contributed by atoms with Gasteiger partial charge in [-0.15, -0.1) is 0 Å². The quantitative estimate of drug-likeness (QED) is 0.888. The molecular weight excluding hydrogens is 243 g/mol. The van der Waals surface area contributed by atoms with E-state index in [0.29, 0.717) is 12.6 Å². The third kappa shape index (κ3) is 4.27. The summed E-state index contributed by atoms with van der Waals surface area (Å²) in [6.07, 6.45) is 2.52. The Morgan fingerprint density at radius 2 is 1.95 bits per heavy atom. The van der Waals surface area contributed by atoms with Gasteiger partial charge in [0.1, 0.15) is 5.82 Å². The molecule has 1 aromatic rings. The number of halogens is 1. The molecule has 0 amide bonds. The van der Waals surface area contributed by atoms with Gasteiger partial charge < -0.3 is 10.5 Å². The number of benzene rings is 1. The zero-order valence-electron chi connectivity index (χ0n) is 11.6. The minimum absolute atomic E-state index is 0.192. The molecular formula is C15H23FN2O. The number of nitrogens with zero attached hydrogens (tertiary/aromatic N) is 1. The predicted molar refractivity (Wildman–Crippen MR) is 74.2 cm³/mol. The lowest BCUT2D eigenvalue weighted by Crippen LogP contribution is -2.36. The monoisotopic (exact) mass is 266 g/mol. The minimum Gasteiger partial charge on any atom is -0.378 e. The van der Waals surface area contributed by atoms with Crippen molar-refractivity contribution in [1.29, 1.82) is 0 Å². The number of piperidine rings is 1. The first-order chi connectivity index (χ1) is 9.21. The summed E-state index contributed by atoms with van der Waals surface area (Å²) < 4.78 is 19.1. The Morgan fingerprint density at radius 1 is 1.26 bits per heavy atom. The molecule has 0 bridgehead atoms. The van der Waals surface area contributed by atoms with E-state index in [1.54, 1.807) is 6.07 Å². The van der Waals surface area contributed by atoms with E-state index in [0.717, 1.165) is 50.2 Å².